The van der Waals surface area contributed by atoms with Crippen molar-refractivity contribution in [1.29, 1.82) is 0 Å². The van der Waals surface area contributed by atoms with E-state index in [0.717, 1.165) is 67.2 Å². The Kier molecular flexibility index (Phi) is 4.67. The zero-order valence-electron chi connectivity index (χ0n) is 22.9. The topological polar surface area (TPSA) is 79.1 Å². The molecule has 42 heavy (non-hydrogen) atoms. The molecule has 0 saturated carbocycles. The van der Waals surface area contributed by atoms with Crippen molar-refractivity contribution < 1.29 is 0 Å². The molecule has 5 heterocycles. The van der Waals surface area contributed by atoms with Gasteiger partial charge in [-0.15, -0.1) is 0 Å². The highest BCUT2D eigenvalue weighted by atomic mass is 15.2. The fourth-order valence-electron chi connectivity index (χ4n) is 6.50. The number of hydrogen-bond acceptors (Lipinski definition) is 6. The molecule has 5 aliphatic rings. The van der Waals surface area contributed by atoms with Crippen LogP contribution in [0.25, 0.3) is 10.8 Å². The number of benzene rings is 4. The molecule has 1 aromatic heterocycles. The molecule has 0 N–H and O–H groups in total. The molecule has 0 spiro atoms. The maximum Gasteiger partial charge on any atom is 0.164 e. The summed E-state index contributed by atoms with van der Waals surface area (Å²) < 4.78 is 2.21. The Labute approximate surface area is 241 Å². The first-order valence-corrected chi connectivity index (χ1v) is 14.3. The third kappa shape index (κ3) is 2.94. The first kappa shape index (κ1) is 23.2. The van der Waals surface area contributed by atoms with Gasteiger partial charge in [0.25, 0.3) is 0 Å². The van der Waals surface area contributed by atoms with Crippen LogP contribution in [0.3, 0.4) is 0 Å². The summed E-state index contributed by atoms with van der Waals surface area (Å²) in [6.07, 6.45) is 0. The van der Waals surface area contributed by atoms with E-state index >= 15 is 0 Å². The van der Waals surface area contributed by atoms with Crippen LogP contribution >= 0.6 is 0 Å². The summed E-state index contributed by atoms with van der Waals surface area (Å²) in [5.41, 5.74) is 7.78. The van der Waals surface area contributed by atoms with Gasteiger partial charge in [-0.1, -0.05) is 111 Å². The van der Waals surface area contributed by atoms with Crippen molar-refractivity contribution in [3.63, 3.8) is 0 Å². The molecule has 0 radical (unpaired) electrons. The zero-order valence-corrected chi connectivity index (χ0v) is 22.9. The smallest absolute Gasteiger partial charge is 0.164 e. The maximum absolute atomic E-state index is 5.30. The minimum absolute atomic E-state index is 0.355. The fraction of sp³-hybridized carbons (Fsp3) is 0.0857. The van der Waals surface area contributed by atoms with Gasteiger partial charge in [0.15, 0.2) is 23.3 Å². The monoisotopic (exact) mass is 541 g/mol. The number of aliphatic imine (C=N–C) groups is 6. The van der Waals surface area contributed by atoms with E-state index in [1.807, 2.05) is 50.2 Å². The molecule has 7 heteroatoms. The van der Waals surface area contributed by atoms with Gasteiger partial charge in [0.05, 0.1) is 11.4 Å². The lowest BCUT2D eigenvalue weighted by Crippen LogP contribution is -2.23. The molecule has 4 aromatic carbocycles. The molecule has 4 bridgehead atoms. The summed E-state index contributed by atoms with van der Waals surface area (Å²) in [7, 11) is 0. The Morgan fingerprint density at radius 1 is 0.405 bits per heavy atom. The SMILES string of the molecule is CC.c1ccc2c(c1)C1=NC2=Nc2c3ccccc3c3n2C2C(=N1)c1ccccc1C2=NC1=NC(=N3)c2ccccc21. The standard InChI is InChI=1S/C33H17N7.C2H6/c1-2-10-18-17(9-1)25-27-26(18)35-29-20-12-4-6-14-22(20)31(37-29)39-33-24-16-8-7-15-23(24)32(40(27)33)38-30-21-13-5-3-11-19(21)28(34-25)36-30;1-2/h1-16,27H;1-2H3. The van der Waals surface area contributed by atoms with Crippen LogP contribution in [0.2, 0.25) is 0 Å². The third-order valence-corrected chi connectivity index (χ3v) is 8.24. The van der Waals surface area contributed by atoms with Crippen LogP contribution in [0.4, 0.5) is 11.6 Å². The lowest BCUT2D eigenvalue weighted by Gasteiger charge is -2.20. The van der Waals surface area contributed by atoms with E-state index in [4.69, 9.17) is 30.0 Å². The van der Waals surface area contributed by atoms with E-state index < -0.39 is 0 Å². The number of aromatic nitrogens is 1. The van der Waals surface area contributed by atoms with Crippen molar-refractivity contribution in [3.05, 3.63) is 130 Å². The van der Waals surface area contributed by atoms with Gasteiger partial charge in [-0.3, -0.25) is 4.57 Å². The van der Waals surface area contributed by atoms with Crippen molar-refractivity contribution in [2.24, 2.45) is 30.0 Å². The van der Waals surface area contributed by atoms with Crippen LogP contribution in [0.5, 0.6) is 0 Å². The summed E-state index contributed by atoms with van der Waals surface area (Å²) in [5, 5.41) is 2.01. The van der Waals surface area contributed by atoms with E-state index in [2.05, 4.69) is 65.2 Å². The number of fused-ring (bicyclic) bond motifs is 14. The van der Waals surface area contributed by atoms with Crippen molar-refractivity contribution >= 4 is 57.2 Å². The lowest BCUT2D eigenvalue weighted by atomic mass is 10.1. The summed E-state index contributed by atoms with van der Waals surface area (Å²) in [4.78, 5) is 31.1. The summed E-state index contributed by atoms with van der Waals surface area (Å²) in [5.74, 6) is 4.25. The van der Waals surface area contributed by atoms with Gasteiger partial charge >= 0.3 is 0 Å². The van der Waals surface area contributed by atoms with E-state index in [1.54, 1.807) is 0 Å². The average Bonchev–Trinajstić information content (AvgIpc) is 3.77. The van der Waals surface area contributed by atoms with Crippen LogP contribution < -0.4 is 0 Å². The first-order chi connectivity index (χ1) is 20.8. The summed E-state index contributed by atoms with van der Waals surface area (Å²) in [6.45, 7) is 4.00. The number of hydrogen-bond donors (Lipinski definition) is 0. The van der Waals surface area contributed by atoms with Crippen LogP contribution in [0, 0.1) is 0 Å². The van der Waals surface area contributed by atoms with Gasteiger partial charge in [0.1, 0.15) is 17.7 Å². The Balaban J connectivity index is 0.00000123. The van der Waals surface area contributed by atoms with Gasteiger partial charge in [-0.05, 0) is 0 Å². The van der Waals surface area contributed by atoms with Gasteiger partial charge in [0, 0.05) is 44.2 Å². The van der Waals surface area contributed by atoms with Crippen LogP contribution in [0.15, 0.2) is 127 Å². The fourth-order valence-corrected chi connectivity index (χ4v) is 6.50. The highest BCUT2D eigenvalue weighted by Gasteiger charge is 2.42. The average molecular weight is 542 g/mol. The largest absolute Gasteiger partial charge is 0.295 e. The number of nitrogens with zero attached hydrogens (tertiary/aromatic N) is 7. The Bertz CT molecular complexity index is 2070. The summed E-state index contributed by atoms with van der Waals surface area (Å²) >= 11 is 0. The second-order valence-electron chi connectivity index (χ2n) is 10.3. The summed E-state index contributed by atoms with van der Waals surface area (Å²) in [6, 6.07) is 32.7. The predicted molar refractivity (Wildman–Crippen MR) is 170 cm³/mol. The van der Waals surface area contributed by atoms with E-state index in [0.29, 0.717) is 23.3 Å². The van der Waals surface area contributed by atoms with Gasteiger partial charge in [-0.25, -0.2) is 30.0 Å². The highest BCUT2D eigenvalue weighted by Crippen LogP contribution is 2.47. The molecular weight excluding hydrogens is 518 g/mol. The molecule has 5 aromatic rings. The van der Waals surface area contributed by atoms with E-state index in [1.165, 1.54) is 0 Å². The first-order valence-electron chi connectivity index (χ1n) is 14.3. The van der Waals surface area contributed by atoms with Crippen LogP contribution in [-0.2, 0) is 0 Å². The molecule has 4 aliphatic heterocycles. The van der Waals surface area contributed by atoms with Crippen LogP contribution in [0.1, 0.15) is 53.3 Å². The van der Waals surface area contributed by atoms with Crippen molar-refractivity contribution in [2.75, 3.05) is 0 Å². The molecule has 7 nitrogen and oxygen atoms in total. The molecule has 1 aliphatic carbocycles. The number of rotatable bonds is 0. The zero-order chi connectivity index (χ0) is 27.9. The molecular formula is C35H23N7. The molecule has 0 unspecified atom stereocenters. The molecule has 10 rings (SSSR count). The Morgan fingerprint density at radius 2 is 0.738 bits per heavy atom. The van der Waals surface area contributed by atoms with Crippen LogP contribution in [-0.4, -0.2) is 39.3 Å². The quantitative estimate of drug-likeness (QED) is 0.199. The van der Waals surface area contributed by atoms with E-state index in [-0.39, 0.29) is 6.04 Å². The second-order valence-corrected chi connectivity index (χ2v) is 10.3. The lowest BCUT2D eigenvalue weighted by molar-refractivity contribution is 0.815. The van der Waals surface area contributed by atoms with Gasteiger partial charge < -0.3 is 0 Å². The second kappa shape index (κ2) is 8.47. The Morgan fingerprint density at radius 3 is 1.14 bits per heavy atom. The van der Waals surface area contributed by atoms with Gasteiger partial charge in [0.2, 0.25) is 0 Å². The van der Waals surface area contributed by atoms with Crippen molar-refractivity contribution in [1.82, 2.24) is 4.57 Å². The highest BCUT2D eigenvalue weighted by molar-refractivity contribution is 6.38. The minimum atomic E-state index is -0.355. The number of amidine groups is 4. The molecule has 0 fully saturated rings. The molecule has 0 saturated heterocycles. The third-order valence-electron chi connectivity index (χ3n) is 8.24. The Hall–Kier alpha value is -5.56. The minimum Gasteiger partial charge on any atom is -0.295 e. The molecule has 0 amide bonds. The van der Waals surface area contributed by atoms with E-state index in [9.17, 15) is 0 Å². The predicted octanol–water partition coefficient (Wildman–Crippen LogP) is 7.20. The normalized spacial score (nSPS) is 17.9. The van der Waals surface area contributed by atoms with Crippen molar-refractivity contribution in [3.8, 4) is 0 Å². The maximum atomic E-state index is 5.30. The molecule has 198 valence electrons. The molecule has 0 atom stereocenters. The van der Waals surface area contributed by atoms with Gasteiger partial charge in [-0.2, -0.15) is 0 Å². The van der Waals surface area contributed by atoms with Crippen molar-refractivity contribution in [2.45, 2.75) is 19.9 Å².